The molecule has 0 aliphatic heterocycles. The first kappa shape index (κ1) is 20.5. The van der Waals surface area contributed by atoms with Crippen molar-refractivity contribution in [3.63, 3.8) is 0 Å². The molecule has 3 rings (SSSR count). The third-order valence-corrected chi connectivity index (χ3v) is 5.70. The average Bonchev–Trinajstić information content (AvgIpc) is 2.94. The lowest BCUT2D eigenvalue weighted by Gasteiger charge is -2.15. The van der Waals surface area contributed by atoms with E-state index in [0.29, 0.717) is 10.7 Å². The molecule has 2 N–H and O–H groups in total. The van der Waals surface area contributed by atoms with E-state index < -0.39 is 18.0 Å². The number of carbonyl (C=O) groups excluding carboxylic acids is 3. The van der Waals surface area contributed by atoms with Gasteiger partial charge in [0.15, 0.2) is 6.10 Å². The van der Waals surface area contributed by atoms with E-state index in [0.717, 1.165) is 21.2 Å². The summed E-state index contributed by atoms with van der Waals surface area (Å²) in [7, 11) is 0. The van der Waals surface area contributed by atoms with Gasteiger partial charge in [-0.25, -0.2) is 4.79 Å². The first-order valence-corrected chi connectivity index (χ1v) is 9.96. The molecule has 0 saturated heterocycles. The normalized spacial score (nSPS) is 11.7. The number of hydrogen-bond donors (Lipinski definition) is 2. The van der Waals surface area contributed by atoms with Crippen LogP contribution >= 0.6 is 11.3 Å². The minimum absolute atomic E-state index is 0.276. The summed E-state index contributed by atoms with van der Waals surface area (Å²) in [6.07, 6.45) is -1.01. The minimum Gasteiger partial charge on any atom is -0.449 e. The zero-order chi connectivity index (χ0) is 21.1. The fourth-order valence-electron chi connectivity index (χ4n) is 2.96. The number of ether oxygens (including phenoxy) is 1. The molecule has 0 unspecified atom stereocenters. The van der Waals surface area contributed by atoms with E-state index in [1.54, 1.807) is 13.0 Å². The van der Waals surface area contributed by atoms with Crippen molar-refractivity contribution in [3.05, 3.63) is 58.5 Å². The van der Waals surface area contributed by atoms with Crippen molar-refractivity contribution >= 4 is 50.6 Å². The summed E-state index contributed by atoms with van der Waals surface area (Å²) in [5.41, 5.74) is 1.66. The van der Waals surface area contributed by atoms with Crippen LogP contribution in [-0.4, -0.2) is 23.9 Å². The number of nitrogens with one attached hydrogen (secondary N) is 2. The van der Waals surface area contributed by atoms with Crippen molar-refractivity contribution < 1.29 is 19.1 Å². The van der Waals surface area contributed by atoms with Gasteiger partial charge in [-0.15, -0.1) is 11.3 Å². The van der Waals surface area contributed by atoms with Gasteiger partial charge in [0.2, 0.25) is 5.91 Å². The first-order valence-electron chi connectivity index (χ1n) is 9.15. The molecule has 0 aliphatic carbocycles. The van der Waals surface area contributed by atoms with Crippen LogP contribution in [0, 0.1) is 13.8 Å². The Kier molecular flexibility index (Phi) is 5.98. The largest absolute Gasteiger partial charge is 0.449 e. The number of rotatable bonds is 5. The summed E-state index contributed by atoms with van der Waals surface area (Å²) in [4.78, 5) is 37.7. The molecular formula is C22H22N2O4S. The van der Waals surface area contributed by atoms with Gasteiger partial charge in [-0.2, -0.15) is 0 Å². The molecule has 0 saturated carbocycles. The molecule has 1 atom stereocenters. The Morgan fingerprint density at radius 2 is 1.69 bits per heavy atom. The molecule has 1 aromatic heterocycles. The minimum atomic E-state index is -1.01. The van der Waals surface area contributed by atoms with Crippen molar-refractivity contribution in [3.8, 4) is 0 Å². The third kappa shape index (κ3) is 4.46. The van der Waals surface area contributed by atoms with Crippen LogP contribution in [0.5, 0.6) is 0 Å². The summed E-state index contributed by atoms with van der Waals surface area (Å²) < 4.78 is 5.40. The summed E-state index contributed by atoms with van der Waals surface area (Å²) in [6, 6.07) is 13.3. The number of carbonyl (C=O) groups is 3. The molecule has 6 nitrogen and oxygen atoms in total. The predicted molar refractivity (Wildman–Crippen MR) is 116 cm³/mol. The third-order valence-electron chi connectivity index (χ3n) is 4.58. The number of esters is 1. The Balaban J connectivity index is 1.76. The van der Waals surface area contributed by atoms with Crippen LogP contribution in [-0.2, 0) is 14.3 Å². The molecule has 2 amide bonds. The number of anilines is 2. The maximum absolute atomic E-state index is 12.7. The lowest BCUT2D eigenvalue weighted by molar-refractivity contribution is -0.123. The highest BCUT2D eigenvalue weighted by atomic mass is 32.1. The molecule has 150 valence electrons. The van der Waals surface area contributed by atoms with Crippen LogP contribution in [0.25, 0.3) is 10.8 Å². The van der Waals surface area contributed by atoms with Gasteiger partial charge in [0.25, 0.3) is 5.91 Å². The second-order valence-electron chi connectivity index (χ2n) is 6.73. The fraction of sp³-hybridized carbons (Fsp3) is 0.227. The highest BCUT2D eigenvalue weighted by Gasteiger charge is 2.25. The Hall–Kier alpha value is -3.19. The van der Waals surface area contributed by atoms with E-state index >= 15 is 0 Å². The van der Waals surface area contributed by atoms with Crippen molar-refractivity contribution in [1.82, 2.24) is 0 Å². The smallest absolute Gasteiger partial charge is 0.342 e. The van der Waals surface area contributed by atoms with Gasteiger partial charge in [-0.3, -0.25) is 9.59 Å². The Morgan fingerprint density at radius 1 is 1.00 bits per heavy atom. The van der Waals surface area contributed by atoms with Crippen molar-refractivity contribution in [2.45, 2.75) is 33.8 Å². The number of thiophene rings is 1. The lowest BCUT2D eigenvalue weighted by Crippen LogP contribution is -2.30. The fourth-order valence-corrected chi connectivity index (χ4v) is 4.06. The predicted octanol–water partition coefficient (Wildman–Crippen LogP) is 4.66. The first-order chi connectivity index (χ1) is 13.8. The maximum atomic E-state index is 12.7. The molecule has 0 bridgehead atoms. The topological polar surface area (TPSA) is 84.5 Å². The lowest BCUT2D eigenvalue weighted by atomic mass is 10.1. The Morgan fingerprint density at radius 3 is 2.41 bits per heavy atom. The van der Waals surface area contributed by atoms with E-state index in [9.17, 15) is 14.4 Å². The SMILES string of the molecule is CC(=O)Nc1sc(C)c(C)c1C(=O)O[C@H](C)C(=O)Nc1cccc2ccccc12. The number of hydrogen-bond acceptors (Lipinski definition) is 5. The molecule has 3 aromatic rings. The van der Waals surface area contributed by atoms with Crippen LogP contribution < -0.4 is 10.6 Å². The molecule has 1 heterocycles. The van der Waals surface area contributed by atoms with Crippen LogP contribution in [0.15, 0.2) is 42.5 Å². The number of fused-ring (bicyclic) bond motifs is 1. The summed E-state index contributed by atoms with van der Waals surface area (Å²) in [5.74, 6) is -1.35. The molecule has 0 spiro atoms. The van der Waals surface area contributed by atoms with E-state index in [1.807, 2.05) is 43.3 Å². The van der Waals surface area contributed by atoms with Crippen LogP contribution in [0.3, 0.4) is 0 Å². The highest BCUT2D eigenvalue weighted by Crippen LogP contribution is 2.33. The van der Waals surface area contributed by atoms with E-state index in [-0.39, 0.29) is 11.5 Å². The van der Waals surface area contributed by atoms with Crippen molar-refractivity contribution in [1.29, 1.82) is 0 Å². The zero-order valence-electron chi connectivity index (χ0n) is 16.7. The molecule has 29 heavy (non-hydrogen) atoms. The molecule has 0 fully saturated rings. The van der Waals surface area contributed by atoms with Crippen LogP contribution in [0.2, 0.25) is 0 Å². The van der Waals surface area contributed by atoms with Gasteiger partial charge in [0.1, 0.15) is 5.00 Å². The molecule has 2 aromatic carbocycles. The van der Waals surface area contributed by atoms with E-state index in [2.05, 4.69) is 10.6 Å². The second kappa shape index (κ2) is 8.45. The van der Waals surface area contributed by atoms with Gasteiger partial charge < -0.3 is 15.4 Å². The van der Waals surface area contributed by atoms with E-state index in [4.69, 9.17) is 4.74 Å². The summed E-state index contributed by atoms with van der Waals surface area (Å²) in [5, 5.41) is 7.81. The number of aryl methyl sites for hydroxylation is 1. The van der Waals surface area contributed by atoms with Gasteiger partial charge >= 0.3 is 5.97 Å². The number of amides is 2. The number of benzene rings is 2. The standard InChI is InChI=1S/C22H22N2O4S/c1-12-14(3)29-21(23-15(4)25)19(12)22(27)28-13(2)20(26)24-18-11-7-9-16-8-5-6-10-17(16)18/h5-11,13H,1-4H3,(H,23,25)(H,24,26)/t13-/m1/s1. The van der Waals surface area contributed by atoms with Crippen molar-refractivity contribution in [2.75, 3.05) is 10.6 Å². The van der Waals surface area contributed by atoms with Crippen LogP contribution in [0.4, 0.5) is 10.7 Å². The van der Waals surface area contributed by atoms with Crippen molar-refractivity contribution in [2.24, 2.45) is 0 Å². The average molecular weight is 410 g/mol. The molecule has 7 heteroatoms. The van der Waals surface area contributed by atoms with Gasteiger partial charge in [0, 0.05) is 22.9 Å². The van der Waals surface area contributed by atoms with Gasteiger partial charge in [-0.05, 0) is 37.8 Å². The quantitative estimate of drug-likeness (QED) is 0.599. The zero-order valence-corrected chi connectivity index (χ0v) is 17.5. The van der Waals surface area contributed by atoms with Crippen LogP contribution in [0.1, 0.15) is 34.6 Å². The Labute approximate surface area is 172 Å². The van der Waals surface area contributed by atoms with Gasteiger partial charge in [0.05, 0.1) is 5.56 Å². The molecule has 0 aliphatic rings. The maximum Gasteiger partial charge on any atom is 0.342 e. The van der Waals surface area contributed by atoms with Gasteiger partial charge in [-0.1, -0.05) is 36.4 Å². The van der Waals surface area contributed by atoms with E-state index in [1.165, 1.54) is 25.2 Å². The molecular weight excluding hydrogens is 388 g/mol. The Bertz CT molecular complexity index is 1100. The summed E-state index contributed by atoms with van der Waals surface area (Å²) in [6.45, 7) is 6.54. The summed E-state index contributed by atoms with van der Waals surface area (Å²) >= 11 is 1.30. The monoisotopic (exact) mass is 410 g/mol. The highest BCUT2D eigenvalue weighted by molar-refractivity contribution is 7.16. The second-order valence-corrected chi connectivity index (χ2v) is 7.96. The molecule has 0 radical (unpaired) electrons.